The van der Waals surface area contributed by atoms with E-state index < -0.39 is 0 Å². The molecular weight excluding hydrogens is 515 g/mol. The maximum atomic E-state index is 5.25. The molecule has 0 saturated heterocycles. The highest BCUT2D eigenvalue weighted by Gasteiger charge is 2.21. The molecule has 0 amide bonds. The average Bonchev–Trinajstić information content (AvgIpc) is 3.11. The fourth-order valence-corrected chi connectivity index (χ4v) is 4.21. The number of nitrogens with one attached hydrogen (secondary N) is 2. The average molecular weight is 555 g/mol. The Labute approximate surface area is 209 Å². The van der Waals surface area contributed by atoms with Gasteiger partial charge in [-0.15, -0.1) is 34.2 Å². The van der Waals surface area contributed by atoms with E-state index in [4.69, 9.17) is 9.73 Å². The summed E-state index contributed by atoms with van der Waals surface area (Å²) in [6.45, 7) is 5.58. The van der Waals surface area contributed by atoms with E-state index in [-0.39, 0.29) is 24.0 Å². The van der Waals surface area contributed by atoms with Crippen LogP contribution in [0.15, 0.2) is 29.3 Å². The molecule has 3 rings (SSSR count). The van der Waals surface area contributed by atoms with E-state index in [2.05, 4.69) is 39.9 Å². The molecule has 0 bridgehead atoms. The van der Waals surface area contributed by atoms with E-state index in [0.717, 1.165) is 42.2 Å². The van der Waals surface area contributed by atoms with Crippen molar-refractivity contribution in [1.29, 1.82) is 0 Å². The van der Waals surface area contributed by atoms with E-state index >= 15 is 0 Å². The predicted molar refractivity (Wildman–Crippen MR) is 141 cm³/mol. The lowest BCUT2D eigenvalue weighted by Gasteiger charge is -2.30. The number of benzene rings is 1. The van der Waals surface area contributed by atoms with Crippen LogP contribution >= 0.6 is 24.0 Å². The number of aliphatic imine (C=N–C) groups is 1. The van der Waals surface area contributed by atoms with Crippen LogP contribution in [-0.2, 0) is 20.0 Å². The monoisotopic (exact) mass is 554 g/mol. The SMILES string of the molecule is CCCC1CCC(NC(=NCc2nnc(C)n2C)NCCc2ccc(OC)cc2)CC1.I. The number of halogens is 1. The van der Waals surface area contributed by atoms with Crippen molar-refractivity contribution in [2.24, 2.45) is 18.0 Å². The minimum Gasteiger partial charge on any atom is -0.497 e. The van der Waals surface area contributed by atoms with Gasteiger partial charge in [-0.1, -0.05) is 31.9 Å². The van der Waals surface area contributed by atoms with Gasteiger partial charge >= 0.3 is 0 Å². The summed E-state index contributed by atoms with van der Waals surface area (Å²) in [6.07, 6.45) is 8.63. The molecule has 8 heteroatoms. The predicted octanol–water partition coefficient (Wildman–Crippen LogP) is 4.39. The summed E-state index contributed by atoms with van der Waals surface area (Å²) >= 11 is 0. The lowest BCUT2D eigenvalue weighted by molar-refractivity contribution is 0.295. The Morgan fingerprint density at radius 2 is 1.88 bits per heavy atom. The lowest BCUT2D eigenvalue weighted by atomic mass is 9.83. The van der Waals surface area contributed by atoms with Crippen LogP contribution in [-0.4, -0.2) is 40.4 Å². The smallest absolute Gasteiger partial charge is 0.191 e. The fourth-order valence-electron chi connectivity index (χ4n) is 4.21. The van der Waals surface area contributed by atoms with Crippen molar-refractivity contribution in [2.45, 2.75) is 71.4 Å². The number of methoxy groups -OCH3 is 1. The highest BCUT2D eigenvalue weighted by atomic mass is 127. The van der Waals surface area contributed by atoms with Gasteiger partial charge in [0, 0.05) is 19.6 Å². The van der Waals surface area contributed by atoms with Gasteiger partial charge in [0.2, 0.25) is 0 Å². The Hall–Kier alpha value is -1.84. The number of aromatic nitrogens is 3. The molecule has 1 heterocycles. The second-order valence-electron chi connectivity index (χ2n) is 8.56. The lowest BCUT2D eigenvalue weighted by Crippen LogP contribution is -2.45. The van der Waals surface area contributed by atoms with Gasteiger partial charge < -0.3 is 19.9 Å². The van der Waals surface area contributed by atoms with Crippen molar-refractivity contribution < 1.29 is 4.74 Å². The third-order valence-corrected chi connectivity index (χ3v) is 6.31. The van der Waals surface area contributed by atoms with Crippen molar-refractivity contribution in [3.8, 4) is 5.75 Å². The van der Waals surface area contributed by atoms with Gasteiger partial charge in [0.15, 0.2) is 11.8 Å². The fraction of sp³-hybridized carbons (Fsp3) is 0.625. The molecule has 0 radical (unpaired) electrons. The molecule has 32 heavy (non-hydrogen) atoms. The number of hydrogen-bond acceptors (Lipinski definition) is 4. The number of nitrogens with zero attached hydrogens (tertiary/aromatic N) is 4. The van der Waals surface area contributed by atoms with E-state index in [0.29, 0.717) is 12.6 Å². The first-order valence-corrected chi connectivity index (χ1v) is 11.6. The van der Waals surface area contributed by atoms with Crippen molar-refractivity contribution in [3.63, 3.8) is 0 Å². The Kier molecular flexibility index (Phi) is 11.3. The van der Waals surface area contributed by atoms with E-state index in [9.17, 15) is 0 Å². The highest BCUT2D eigenvalue weighted by Crippen LogP contribution is 2.27. The molecule has 0 atom stereocenters. The summed E-state index contributed by atoms with van der Waals surface area (Å²) in [5.41, 5.74) is 1.27. The van der Waals surface area contributed by atoms with E-state index in [1.165, 1.54) is 44.1 Å². The van der Waals surface area contributed by atoms with Crippen LogP contribution in [0, 0.1) is 12.8 Å². The summed E-state index contributed by atoms with van der Waals surface area (Å²) in [4.78, 5) is 4.83. The Morgan fingerprint density at radius 3 is 2.47 bits per heavy atom. The zero-order valence-electron chi connectivity index (χ0n) is 19.9. The number of hydrogen-bond donors (Lipinski definition) is 2. The van der Waals surface area contributed by atoms with Gasteiger partial charge in [0.1, 0.15) is 18.1 Å². The molecule has 1 saturated carbocycles. The van der Waals surface area contributed by atoms with Crippen molar-refractivity contribution in [1.82, 2.24) is 25.4 Å². The zero-order chi connectivity index (χ0) is 22.1. The standard InChI is InChI=1S/C24H38N6O.HI/c1-5-6-19-7-11-21(12-8-19)27-24(26-17-23-29-28-18(2)30(23)3)25-16-15-20-9-13-22(31-4)14-10-20;/h9-10,13-14,19,21H,5-8,11-12,15-17H2,1-4H3,(H2,25,26,27);1H. The minimum atomic E-state index is 0. The Balaban J connectivity index is 0.00000363. The van der Waals surface area contributed by atoms with Crippen LogP contribution < -0.4 is 15.4 Å². The Bertz CT molecular complexity index is 828. The summed E-state index contributed by atoms with van der Waals surface area (Å²) in [6, 6.07) is 8.73. The van der Waals surface area contributed by atoms with Crippen molar-refractivity contribution in [3.05, 3.63) is 41.5 Å². The largest absolute Gasteiger partial charge is 0.497 e. The van der Waals surface area contributed by atoms with Crippen LogP contribution in [0.4, 0.5) is 0 Å². The topological polar surface area (TPSA) is 76.4 Å². The van der Waals surface area contributed by atoms with Crippen molar-refractivity contribution in [2.75, 3.05) is 13.7 Å². The van der Waals surface area contributed by atoms with Crippen molar-refractivity contribution >= 4 is 29.9 Å². The number of guanidine groups is 1. The summed E-state index contributed by atoms with van der Waals surface area (Å²) in [5.74, 6) is 4.43. The molecular formula is C24H39IN6O. The summed E-state index contributed by atoms with van der Waals surface area (Å²) < 4.78 is 7.24. The number of ether oxygens (including phenoxy) is 1. The second kappa shape index (κ2) is 13.6. The molecule has 1 aromatic heterocycles. The van der Waals surface area contributed by atoms with E-state index in [1.807, 2.05) is 30.7 Å². The normalized spacial score (nSPS) is 18.7. The molecule has 1 aromatic carbocycles. The van der Waals surface area contributed by atoms with Gasteiger partial charge in [-0.05, 0) is 62.6 Å². The zero-order valence-corrected chi connectivity index (χ0v) is 22.3. The summed E-state index contributed by atoms with van der Waals surface area (Å²) in [7, 11) is 3.68. The van der Waals surface area contributed by atoms with Crippen LogP contribution in [0.25, 0.3) is 0 Å². The molecule has 1 aliphatic carbocycles. The van der Waals surface area contributed by atoms with Gasteiger partial charge in [-0.25, -0.2) is 4.99 Å². The first-order chi connectivity index (χ1) is 15.1. The van der Waals surface area contributed by atoms with Gasteiger partial charge in [0.05, 0.1) is 7.11 Å². The van der Waals surface area contributed by atoms with E-state index in [1.54, 1.807) is 7.11 Å². The molecule has 0 spiro atoms. The highest BCUT2D eigenvalue weighted by molar-refractivity contribution is 14.0. The quantitative estimate of drug-likeness (QED) is 0.273. The van der Waals surface area contributed by atoms with Gasteiger partial charge in [-0.2, -0.15) is 0 Å². The first-order valence-electron chi connectivity index (χ1n) is 11.6. The molecule has 178 valence electrons. The number of rotatable bonds is 9. The molecule has 2 aromatic rings. The molecule has 0 unspecified atom stereocenters. The minimum absolute atomic E-state index is 0. The van der Waals surface area contributed by atoms with Gasteiger partial charge in [-0.3, -0.25) is 0 Å². The van der Waals surface area contributed by atoms with Crippen LogP contribution in [0.2, 0.25) is 0 Å². The third kappa shape index (κ3) is 7.94. The number of aryl methyl sites for hydroxylation is 1. The molecule has 7 nitrogen and oxygen atoms in total. The maximum absolute atomic E-state index is 5.25. The molecule has 2 N–H and O–H groups in total. The van der Waals surface area contributed by atoms with Crippen LogP contribution in [0.5, 0.6) is 5.75 Å². The molecule has 1 fully saturated rings. The Morgan fingerprint density at radius 1 is 1.16 bits per heavy atom. The maximum Gasteiger partial charge on any atom is 0.191 e. The molecule has 0 aliphatic heterocycles. The summed E-state index contributed by atoms with van der Waals surface area (Å²) in [5, 5.41) is 15.6. The first kappa shape index (κ1) is 26.4. The molecule has 1 aliphatic rings. The van der Waals surface area contributed by atoms with Crippen LogP contribution in [0.3, 0.4) is 0 Å². The van der Waals surface area contributed by atoms with Gasteiger partial charge in [0.25, 0.3) is 0 Å². The van der Waals surface area contributed by atoms with Crippen LogP contribution in [0.1, 0.15) is 62.7 Å². The third-order valence-electron chi connectivity index (χ3n) is 6.31. The second-order valence-corrected chi connectivity index (χ2v) is 8.56.